The molecule has 0 saturated carbocycles. The van der Waals surface area contributed by atoms with Gasteiger partial charge in [0.2, 0.25) is 5.96 Å². The van der Waals surface area contributed by atoms with Crippen LogP contribution in [0.1, 0.15) is 0 Å². The zero-order valence-electron chi connectivity index (χ0n) is 12.4. The molecule has 0 saturated heterocycles. The molecule has 7 nitrogen and oxygen atoms in total. The second kappa shape index (κ2) is 7.53. The molecular formula is C11H8Cl2F6N4O3. The third-order valence-corrected chi connectivity index (χ3v) is 3.08. The van der Waals surface area contributed by atoms with E-state index in [9.17, 15) is 31.1 Å². The van der Waals surface area contributed by atoms with Crippen LogP contribution in [0.2, 0.25) is 10.0 Å². The number of rotatable bonds is 3. The molecule has 0 aromatic heterocycles. The number of halogens is 8. The Morgan fingerprint density at radius 3 is 2.08 bits per heavy atom. The molecule has 0 aliphatic heterocycles. The predicted molar refractivity (Wildman–Crippen MR) is 78.7 cm³/mol. The number of benzene rings is 1. The summed E-state index contributed by atoms with van der Waals surface area (Å²) in [6, 6.07) is -0.889. The summed E-state index contributed by atoms with van der Waals surface area (Å²) in [5.41, 5.74) is 4.33. The van der Waals surface area contributed by atoms with Crippen LogP contribution in [0.5, 0.6) is 11.5 Å². The summed E-state index contributed by atoms with van der Waals surface area (Å²) < 4.78 is 81.8. The van der Waals surface area contributed by atoms with Gasteiger partial charge in [0.1, 0.15) is 5.02 Å². The summed E-state index contributed by atoms with van der Waals surface area (Å²) in [5, 5.41) is 7.33. The van der Waals surface area contributed by atoms with Gasteiger partial charge in [0.05, 0.1) is 10.7 Å². The molecule has 1 aromatic rings. The number of guanidine groups is 1. The Bertz CT molecular complexity index is 725. The van der Waals surface area contributed by atoms with Gasteiger partial charge in [-0.2, -0.15) is 0 Å². The molecule has 0 heterocycles. The minimum atomic E-state index is -5.47. The fourth-order valence-electron chi connectivity index (χ4n) is 1.63. The Morgan fingerprint density at radius 2 is 1.69 bits per heavy atom. The van der Waals surface area contributed by atoms with E-state index in [1.807, 2.05) is 5.32 Å². The first-order chi connectivity index (χ1) is 11.7. The first kappa shape index (κ1) is 21.8. The van der Waals surface area contributed by atoms with Crippen LogP contribution < -0.4 is 25.4 Å². The summed E-state index contributed by atoms with van der Waals surface area (Å²) in [6.07, 6.45) is -10.9. The molecule has 0 aliphatic rings. The number of carbonyl (C=O) groups is 1. The van der Waals surface area contributed by atoms with Crippen molar-refractivity contribution in [2.45, 2.75) is 12.7 Å². The van der Waals surface area contributed by atoms with Gasteiger partial charge in [-0.05, 0) is 0 Å². The summed E-state index contributed by atoms with van der Waals surface area (Å²) in [4.78, 5) is 12.0. The zero-order valence-corrected chi connectivity index (χ0v) is 13.9. The van der Waals surface area contributed by atoms with E-state index in [0.717, 1.165) is 7.05 Å². The van der Waals surface area contributed by atoms with Crippen LogP contribution in [0, 0.1) is 5.41 Å². The highest BCUT2D eigenvalue weighted by Gasteiger charge is 2.40. The number of urea groups is 1. The van der Waals surface area contributed by atoms with E-state index in [1.165, 1.54) is 0 Å². The van der Waals surface area contributed by atoms with Crippen molar-refractivity contribution in [3.63, 3.8) is 0 Å². The minimum absolute atomic E-state index is 0.214. The lowest BCUT2D eigenvalue weighted by Gasteiger charge is -2.25. The van der Waals surface area contributed by atoms with Gasteiger partial charge >= 0.3 is 18.8 Å². The molecule has 0 radical (unpaired) electrons. The van der Waals surface area contributed by atoms with Gasteiger partial charge in [-0.1, -0.05) is 23.2 Å². The molecule has 0 atom stereocenters. The maximum absolute atomic E-state index is 12.5. The van der Waals surface area contributed by atoms with Crippen molar-refractivity contribution < 1.29 is 40.6 Å². The van der Waals surface area contributed by atoms with Crippen LogP contribution >= 0.6 is 23.2 Å². The average Bonchev–Trinajstić information content (AvgIpc) is 2.43. The Kier molecular flexibility index (Phi) is 6.31. The maximum atomic E-state index is 12.5. The van der Waals surface area contributed by atoms with Gasteiger partial charge in [0.15, 0.2) is 11.5 Å². The van der Waals surface area contributed by atoms with Crippen molar-refractivity contribution in [3.05, 3.63) is 16.1 Å². The van der Waals surface area contributed by atoms with E-state index in [1.54, 1.807) is 0 Å². The summed E-state index contributed by atoms with van der Waals surface area (Å²) >= 11 is 11.4. The first-order valence-corrected chi connectivity index (χ1v) is 6.83. The van der Waals surface area contributed by atoms with Gasteiger partial charge in [0, 0.05) is 13.1 Å². The van der Waals surface area contributed by atoms with Crippen LogP contribution in [0.15, 0.2) is 6.07 Å². The van der Waals surface area contributed by atoms with E-state index in [4.69, 9.17) is 34.3 Å². The minimum Gasteiger partial charge on any atom is -0.402 e. The lowest BCUT2D eigenvalue weighted by molar-refractivity contribution is -0.287. The molecule has 26 heavy (non-hydrogen) atoms. The fourth-order valence-corrected chi connectivity index (χ4v) is 2.27. The highest BCUT2D eigenvalue weighted by Crippen LogP contribution is 2.49. The molecule has 0 bridgehead atoms. The van der Waals surface area contributed by atoms with E-state index in [-0.39, 0.29) is 11.0 Å². The molecule has 4 N–H and O–H groups in total. The largest absolute Gasteiger partial charge is 0.573 e. The second-order valence-electron chi connectivity index (χ2n) is 4.22. The normalized spacial score (nSPS) is 11.7. The van der Waals surface area contributed by atoms with Crippen LogP contribution in [0.3, 0.4) is 0 Å². The molecule has 146 valence electrons. The van der Waals surface area contributed by atoms with Gasteiger partial charge < -0.3 is 20.5 Å². The van der Waals surface area contributed by atoms with Crippen molar-refractivity contribution in [2.24, 2.45) is 5.73 Å². The molecule has 1 rings (SSSR count). The highest BCUT2D eigenvalue weighted by molar-refractivity contribution is 6.42. The van der Waals surface area contributed by atoms with Crippen molar-refractivity contribution in [1.82, 2.24) is 5.32 Å². The van der Waals surface area contributed by atoms with Crippen molar-refractivity contribution in [3.8, 4) is 11.5 Å². The van der Waals surface area contributed by atoms with E-state index in [2.05, 4.69) is 9.47 Å². The Balaban J connectivity index is 3.72. The monoisotopic (exact) mass is 428 g/mol. The van der Waals surface area contributed by atoms with Gasteiger partial charge in [0.25, 0.3) is 0 Å². The molecule has 1 aromatic carbocycles. The molecular weight excluding hydrogens is 421 g/mol. The number of hydrogen-bond acceptors (Lipinski definition) is 4. The fraction of sp³-hybridized carbons (Fsp3) is 0.273. The number of ether oxygens (including phenoxy) is 2. The molecule has 0 spiro atoms. The van der Waals surface area contributed by atoms with Gasteiger partial charge in [-0.25, -0.2) is 9.69 Å². The van der Waals surface area contributed by atoms with E-state index < -0.39 is 51.9 Å². The van der Waals surface area contributed by atoms with Crippen LogP contribution in [0.4, 0.5) is 36.8 Å². The van der Waals surface area contributed by atoms with E-state index in [0.29, 0.717) is 0 Å². The van der Waals surface area contributed by atoms with Crippen LogP contribution in [-0.4, -0.2) is 31.8 Å². The summed E-state index contributed by atoms with van der Waals surface area (Å²) in [5.74, 6) is -4.20. The Labute approximate surface area is 151 Å². The summed E-state index contributed by atoms with van der Waals surface area (Å²) in [7, 11) is 1.08. The molecule has 0 unspecified atom stereocenters. The van der Waals surface area contributed by atoms with Crippen LogP contribution in [-0.2, 0) is 0 Å². The third-order valence-electron chi connectivity index (χ3n) is 2.44. The van der Waals surface area contributed by atoms with Crippen molar-refractivity contribution in [1.29, 1.82) is 5.41 Å². The zero-order chi connectivity index (χ0) is 20.4. The number of amides is 2. The Morgan fingerprint density at radius 1 is 1.19 bits per heavy atom. The first-order valence-electron chi connectivity index (χ1n) is 6.07. The number of anilines is 1. The van der Waals surface area contributed by atoms with E-state index >= 15 is 0 Å². The second-order valence-corrected chi connectivity index (χ2v) is 5.00. The number of nitrogens with one attached hydrogen (secondary N) is 2. The summed E-state index contributed by atoms with van der Waals surface area (Å²) in [6.45, 7) is 0. The van der Waals surface area contributed by atoms with Gasteiger partial charge in [-0.15, -0.1) is 26.3 Å². The van der Waals surface area contributed by atoms with Gasteiger partial charge in [-0.3, -0.25) is 5.41 Å². The standard InChI is InChI=1S/C11H8Cl2F6N4O3/c1-22-9(24)23(8(20)21)6-3(12)2-4(25-10(14,15)16)7(5(6)13)26-11(17,18)19/h2H,1H3,(H3,20,21)(H,22,24). The quantitative estimate of drug-likeness (QED) is 0.386. The number of hydrogen-bond donors (Lipinski definition) is 3. The lowest BCUT2D eigenvalue weighted by atomic mass is 10.2. The molecule has 0 fully saturated rings. The lowest BCUT2D eigenvalue weighted by Crippen LogP contribution is -2.46. The number of nitrogens with zero attached hydrogens (tertiary/aromatic N) is 1. The Hall–Kier alpha value is -2.28. The number of alkyl halides is 6. The molecule has 2 amide bonds. The third kappa shape index (κ3) is 5.36. The molecule has 0 aliphatic carbocycles. The molecule has 15 heteroatoms. The predicted octanol–water partition coefficient (Wildman–Crippen LogP) is 3.83. The number of carbonyl (C=O) groups excluding carboxylic acids is 1. The van der Waals surface area contributed by atoms with Crippen molar-refractivity contribution >= 4 is 40.9 Å². The average molecular weight is 429 g/mol. The topological polar surface area (TPSA) is 101 Å². The van der Waals surface area contributed by atoms with Crippen molar-refractivity contribution in [2.75, 3.05) is 11.9 Å². The smallest absolute Gasteiger partial charge is 0.402 e. The number of nitrogens with two attached hydrogens (primary N) is 1. The maximum Gasteiger partial charge on any atom is 0.573 e. The SMILES string of the molecule is CNC(=O)N(C(=N)N)c1c(Cl)cc(OC(F)(F)F)c(OC(F)(F)F)c1Cl. The van der Waals surface area contributed by atoms with Crippen LogP contribution in [0.25, 0.3) is 0 Å². The highest BCUT2D eigenvalue weighted by atomic mass is 35.5.